The number of ether oxygens (including phenoxy) is 1. The average Bonchev–Trinajstić information content (AvgIpc) is 3.19. The summed E-state index contributed by atoms with van der Waals surface area (Å²) in [7, 11) is 0. The molecule has 168 valence electrons. The highest BCUT2D eigenvalue weighted by Crippen LogP contribution is 2.39. The summed E-state index contributed by atoms with van der Waals surface area (Å²) >= 11 is 7.79. The minimum Gasteiger partial charge on any atom is -0.459 e. The Balaban J connectivity index is 1.73. The van der Waals surface area contributed by atoms with Crippen LogP contribution >= 0.6 is 22.9 Å². The van der Waals surface area contributed by atoms with Crippen LogP contribution in [0.15, 0.2) is 28.8 Å². The number of aromatic nitrogens is 1. The molecule has 8 heteroatoms. The van der Waals surface area contributed by atoms with Crippen LogP contribution in [0.5, 0.6) is 0 Å². The van der Waals surface area contributed by atoms with Crippen LogP contribution in [0.3, 0.4) is 0 Å². The van der Waals surface area contributed by atoms with Gasteiger partial charge in [0.2, 0.25) is 0 Å². The number of anilines is 1. The van der Waals surface area contributed by atoms with Crippen molar-refractivity contribution in [2.45, 2.75) is 59.0 Å². The van der Waals surface area contributed by atoms with E-state index < -0.39 is 11.9 Å². The molecule has 0 unspecified atom stereocenters. The maximum absolute atomic E-state index is 13.4. The van der Waals surface area contributed by atoms with Gasteiger partial charge in [0.25, 0.3) is 5.91 Å². The number of hydrogen-bond acceptors (Lipinski definition) is 6. The van der Waals surface area contributed by atoms with E-state index in [-0.39, 0.29) is 6.10 Å². The maximum Gasteiger partial charge on any atom is 0.341 e. The van der Waals surface area contributed by atoms with Gasteiger partial charge < -0.3 is 14.6 Å². The number of carbonyl (C=O) groups is 2. The van der Waals surface area contributed by atoms with Crippen molar-refractivity contribution >= 4 is 39.8 Å². The molecule has 1 amide bonds. The van der Waals surface area contributed by atoms with E-state index >= 15 is 0 Å². The van der Waals surface area contributed by atoms with Crippen LogP contribution in [0.1, 0.15) is 70.0 Å². The standard InChI is InChI=1S/C24H25ClN2O4S/c1-13(2)30-24(29)20-16-10-5-4-6-12-18(16)32-23(20)26-22(28)19-14(3)31-27-21(19)15-9-7-8-11-17(15)25/h7-9,11,13H,4-6,10,12H2,1-3H3,(H,26,28). The van der Waals surface area contributed by atoms with Crippen LogP contribution < -0.4 is 5.32 Å². The van der Waals surface area contributed by atoms with Gasteiger partial charge >= 0.3 is 5.97 Å². The molecule has 32 heavy (non-hydrogen) atoms. The summed E-state index contributed by atoms with van der Waals surface area (Å²) < 4.78 is 10.8. The second kappa shape index (κ2) is 9.46. The SMILES string of the molecule is Cc1onc(-c2ccccc2Cl)c1C(=O)Nc1sc2c(c1C(=O)OC(C)C)CCCCC2. The molecule has 4 rings (SSSR count). The summed E-state index contributed by atoms with van der Waals surface area (Å²) in [6.07, 6.45) is 4.67. The molecule has 2 heterocycles. The van der Waals surface area contributed by atoms with E-state index in [4.69, 9.17) is 20.9 Å². The predicted octanol–water partition coefficient (Wildman–Crippen LogP) is 6.45. The largest absolute Gasteiger partial charge is 0.459 e. The van der Waals surface area contributed by atoms with E-state index in [9.17, 15) is 9.59 Å². The molecule has 0 saturated heterocycles. The lowest BCUT2D eigenvalue weighted by Crippen LogP contribution is -2.18. The number of halogens is 1. The van der Waals surface area contributed by atoms with E-state index in [2.05, 4.69) is 10.5 Å². The number of esters is 1. The summed E-state index contributed by atoms with van der Waals surface area (Å²) in [4.78, 5) is 27.5. The summed E-state index contributed by atoms with van der Waals surface area (Å²) in [6, 6.07) is 7.15. The highest BCUT2D eigenvalue weighted by Gasteiger charge is 2.29. The van der Waals surface area contributed by atoms with Gasteiger partial charge in [-0.1, -0.05) is 41.4 Å². The average molecular weight is 473 g/mol. The van der Waals surface area contributed by atoms with Crippen molar-refractivity contribution in [1.29, 1.82) is 0 Å². The van der Waals surface area contributed by atoms with Gasteiger partial charge in [-0.3, -0.25) is 4.79 Å². The number of hydrogen-bond donors (Lipinski definition) is 1. The van der Waals surface area contributed by atoms with Crippen LogP contribution in [0.2, 0.25) is 5.02 Å². The van der Waals surface area contributed by atoms with Gasteiger partial charge in [-0.25, -0.2) is 4.79 Å². The van der Waals surface area contributed by atoms with E-state index in [1.54, 1.807) is 19.1 Å². The van der Waals surface area contributed by atoms with Crippen molar-refractivity contribution in [3.05, 3.63) is 56.6 Å². The summed E-state index contributed by atoms with van der Waals surface area (Å²) in [5, 5.41) is 8.01. The van der Waals surface area contributed by atoms with E-state index in [1.807, 2.05) is 26.0 Å². The summed E-state index contributed by atoms with van der Waals surface area (Å²) in [5.41, 5.74) is 2.75. The van der Waals surface area contributed by atoms with Gasteiger partial charge in [-0.05, 0) is 58.1 Å². The lowest BCUT2D eigenvalue weighted by Gasteiger charge is -2.12. The Labute approximate surface area is 195 Å². The number of nitrogens with zero attached hydrogens (tertiary/aromatic N) is 1. The number of amides is 1. The number of fused-ring (bicyclic) bond motifs is 1. The minimum atomic E-state index is -0.400. The molecule has 6 nitrogen and oxygen atoms in total. The molecule has 0 aliphatic heterocycles. The Bertz CT molecular complexity index is 1160. The lowest BCUT2D eigenvalue weighted by molar-refractivity contribution is 0.0378. The second-order valence-corrected chi connectivity index (χ2v) is 9.63. The summed E-state index contributed by atoms with van der Waals surface area (Å²) in [6.45, 7) is 5.31. The van der Waals surface area contributed by atoms with Crippen molar-refractivity contribution < 1.29 is 18.8 Å². The molecule has 0 atom stereocenters. The fourth-order valence-electron chi connectivity index (χ4n) is 3.96. The zero-order chi connectivity index (χ0) is 22.8. The Morgan fingerprint density at radius 2 is 1.91 bits per heavy atom. The molecular weight excluding hydrogens is 448 g/mol. The molecule has 0 fully saturated rings. The maximum atomic E-state index is 13.4. The molecule has 0 saturated carbocycles. The third kappa shape index (κ3) is 4.45. The Kier molecular flexibility index (Phi) is 6.67. The molecular formula is C24H25ClN2O4S. The number of aryl methyl sites for hydroxylation is 2. The van der Waals surface area contributed by atoms with Gasteiger partial charge in [-0.15, -0.1) is 11.3 Å². The molecule has 0 radical (unpaired) electrons. The van der Waals surface area contributed by atoms with E-state index in [1.165, 1.54) is 11.3 Å². The van der Waals surface area contributed by atoms with Crippen LogP contribution in [-0.4, -0.2) is 23.1 Å². The first-order chi connectivity index (χ1) is 15.4. The van der Waals surface area contributed by atoms with Crippen molar-refractivity contribution in [1.82, 2.24) is 5.16 Å². The quantitative estimate of drug-likeness (QED) is 0.340. The normalized spacial score (nSPS) is 13.5. The molecule has 2 aromatic heterocycles. The number of carbonyl (C=O) groups excluding carboxylic acids is 2. The monoisotopic (exact) mass is 472 g/mol. The van der Waals surface area contributed by atoms with Crippen LogP contribution in [0.25, 0.3) is 11.3 Å². The van der Waals surface area contributed by atoms with Crippen molar-refractivity contribution in [3.63, 3.8) is 0 Å². The second-order valence-electron chi connectivity index (χ2n) is 8.12. The Morgan fingerprint density at radius 1 is 1.16 bits per heavy atom. The zero-order valence-corrected chi connectivity index (χ0v) is 19.9. The zero-order valence-electron chi connectivity index (χ0n) is 18.3. The van der Waals surface area contributed by atoms with Crippen LogP contribution in [-0.2, 0) is 17.6 Å². The molecule has 3 aromatic rings. The molecule has 1 aliphatic carbocycles. The van der Waals surface area contributed by atoms with Gasteiger partial charge in [-0.2, -0.15) is 0 Å². The number of rotatable bonds is 5. The van der Waals surface area contributed by atoms with E-state index in [0.717, 1.165) is 42.5 Å². The number of benzene rings is 1. The van der Waals surface area contributed by atoms with Crippen molar-refractivity contribution in [2.24, 2.45) is 0 Å². The van der Waals surface area contributed by atoms with Gasteiger partial charge in [0.05, 0.1) is 16.7 Å². The number of thiophene rings is 1. The van der Waals surface area contributed by atoms with Gasteiger partial charge in [0.1, 0.15) is 22.0 Å². The predicted molar refractivity (Wildman–Crippen MR) is 126 cm³/mol. The first-order valence-corrected chi connectivity index (χ1v) is 11.9. The third-order valence-electron chi connectivity index (χ3n) is 5.41. The third-order valence-corrected chi connectivity index (χ3v) is 6.95. The Hall–Kier alpha value is -2.64. The van der Waals surface area contributed by atoms with Crippen LogP contribution in [0, 0.1) is 6.92 Å². The first-order valence-electron chi connectivity index (χ1n) is 10.7. The van der Waals surface area contributed by atoms with Crippen molar-refractivity contribution in [2.75, 3.05) is 5.32 Å². The van der Waals surface area contributed by atoms with Crippen LogP contribution in [0.4, 0.5) is 5.00 Å². The summed E-state index contributed by atoms with van der Waals surface area (Å²) in [5.74, 6) is -0.418. The molecule has 0 bridgehead atoms. The molecule has 0 spiro atoms. The molecule has 1 N–H and O–H groups in total. The lowest BCUT2D eigenvalue weighted by atomic mass is 10.0. The number of nitrogens with one attached hydrogen (secondary N) is 1. The smallest absolute Gasteiger partial charge is 0.341 e. The fraction of sp³-hybridized carbons (Fsp3) is 0.375. The highest BCUT2D eigenvalue weighted by molar-refractivity contribution is 7.17. The topological polar surface area (TPSA) is 81.4 Å². The molecule has 1 aliphatic rings. The first kappa shape index (κ1) is 22.6. The minimum absolute atomic E-state index is 0.250. The Morgan fingerprint density at radius 3 is 2.66 bits per heavy atom. The highest BCUT2D eigenvalue weighted by atomic mass is 35.5. The van der Waals surface area contributed by atoms with Gasteiger partial charge in [0.15, 0.2) is 0 Å². The van der Waals surface area contributed by atoms with Crippen molar-refractivity contribution in [3.8, 4) is 11.3 Å². The molecule has 1 aromatic carbocycles. The van der Waals surface area contributed by atoms with Gasteiger partial charge in [0, 0.05) is 10.4 Å². The fourth-order valence-corrected chi connectivity index (χ4v) is 5.46. The van der Waals surface area contributed by atoms with E-state index in [0.29, 0.717) is 38.2 Å².